The van der Waals surface area contributed by atoms with Crippen molar-refractivity contribution in [3.05, 3.63) is 126 Å². The van der Waals surface area contributed by atoms with Crippen LogP contribution in [0, 0.1) is 12.8 Å². The first kappa shape index (κ1) is 33.0. The second-order valence-electron chi connectivity index (χ2n) is 13.1. The van der Waals surface area contributed by atoms with E-state index in [0.29, 0.717) is 23.9 Å². The number of piperazine rings is 1. The Bertz CT molecular complexity index is 1810. The van der Waals surface area contributed by atoms with E-state index in [1.807, 2.05) is 25.1 Å². The van der Waals surface area contributed by atoms with Crippen molar-refractivity contribution in [1.29, 1.82) is 0 Å². The van der Waals surface area contributed by atoms with Crippen LogP contribution in [-0.2, 0) is 16.6 Å². The van der Waals surface area contributed by atoms with Crippen molar-refractivity contribution in [1.82, 2.24) is 28.6 Å². The molecule has 0 bridgehead atoms. The van der Waals surface area contributed by atoms with Gasteiger partial charge in [-0.25, -0.2) is 13.4 Å². The molecule has 6 rings (SSSR count). The number of benzene rings is 3. The highest BCUT2D eigenvalue weighted by molar-refractivity contribution is 7.89. The summed E-state index contributed by atoms with van der Waals surface area (Å²) < 4.78 is 31.7. The molecule has 0 aliphatic carbocycles. The molecule has 1 fully saturated rings. The lowest BCUT2D eigenvalue weighted by Crippen LogP contribution is -2.52. The van der Waals surface area contributed by atoms with Crippen LogP contribution in [0.3, 0.4) is 0 Å². The summed E-state index contributed by atoms with van der Waals surface area (Å²) in [6, 6.07) is 30.8. The van der Waals surface area contributed by atoms with Crippen molar-refractivity contribution in [2.24, 2.45) is 5.92 Å². The van der Waals surface area contributed by atoms with Gasteiger partial charge in [-0.2, -0.15) is 4.31 Å². The summed E-state index contributed by atoms with van der Waals surface area (Å²) in [7, 11) is -1.93. The van der Waals surface area contributed by atoms with Crippen LogP contribution in [-0.4, -0.2) is 82.9 Å². The minimum absolute atomic E-state index is 0.126. The van der Waals surface area contributed by atoms with Crippen LogP contribution in [0.2, 0.25) is 0 Å². The molecular weight excluding hydrogens is 605 g/mol. The Morgan fingerprint density at radius 3 is 2.04 bits per heavy atom. The molecule has 0 amide bonds. The third kappa shape index (κ3) is 7.49. The molecule has 2 aromatic heterocycles. The van der Waals surface area contributed by atoms with E-state index < -0.39 is 10.0 Å². The van der Waals surface area contributed by atoms with Crippen molar-refractivity contribution >= 4 is 21.1 Å². The van der Waals surface area contributed by atoms with E-state index in [-0.39, 0.29) is 12.1 Å². The van der Waals surface area contributed by atoms with Crippen molar-refractivity contribution in [2.45, 2.75) is 50.7 Å². The van der Waals surface area contributed by atoms with Crippen LogP contribution in [0.1, 0.15) is 48.8 Å². The molecule has 1 aliphatic rings. The average molecular weight is 651 g/mol. The molecule has 1 aliphatic heterocycles. The molecule has 47 heavy (non-hydrogen) atoms. The van der Waals surface area contributed by atoms with Crippen LogP contribution in [0.5, 0.6) is 0 Å². The Balaban J connectivity index is 1.13. The summed E-state index contributed by atoms with van der Waals surface area (Å²) >= 11 is 0. The molecule has 5 aromatic rings. The third-order valence-electron chi connectivity index (χ3n) is 9.41. The van der Waals surface area contributed by atoms with Gasteiger partial charge in [-0.05, 0) is 54.2 Å². The maximum atomic E-state index is 14.0. The van der Waals surface area contributed by atoms with Crippen molar-refractivity contribution in [2.75, 3.05) is 39.8 Å². The standard InChI is InChI=1S/C38H46N6O2S/c1-29(2)25-34(28-42-21-23-43(24-22-42)38(32-11-7-5-8-12-32)33-13-9-6-10-14-33)41(4)47(45,46)35-17-15-31(16-18-35)27-44-30(3)40-36-26-39-20-19-37(36)44/h5-20,26,29,34,38H,21-25,27-28H2,1-4H3/t34-/m0/s1. The van der Waals surface area contributed by atoms with E-state index in [1.165, 1.54) is 11.1 Å². The highest BCUT2D eigenvalue weighted by Gasteiger charge is 2.32. The van der Waals surface area contributed by atoms with E-state index in [2.05, 4.69) is 98.8 Å². The van der Waals surface area contributed by atoms with Crippen LogP contribution >= 0.6 is 0 Å². The van der Waals surface area contributed by atoms with Crippen molar-refractivity contribution in [3.63, 3.8) is 0 Å². The van der Waals surface area contributed by atoms with Gasteiger partial charge in [0.25, 0.3) is 0 Å². The lowest BCUT2D eigenvalue weighted by molar-refractivity contribution is 0.0918. The molecular formula is C38H46N6O2S. The minimum atomic E-state index is -3.68. The van der Waals surface area contributed by atoms with Gasteiger partial charge in [0.05, 0.1) is 22.7 Å². The molecule has 1 saturated heterocycles. The quantitative estimate of drug-likeness (QED) is 0.159. The number of aromatic nitrogens is 3. The minimum Gasteiger partial charge on any atom is -0.324 e. The number of hydrogen-bond donors (Lipinski definition) is 0. The van der Waals surface area contributed by atoms with Crippen molar-refractivity contribution in [3.8, 4) is 0 Å². The molecule has 3 aromatic carbocycles. The molecule has 0 unspecified atom stereocenters. The van der Waals surface area contributed by atoms with Gasteiger partial charge in [0.1, 0.15) is 11.3 Å². The summed E-state index contributed by atoms with van der Waals surface area (Å²) in [5.41, 5.74) is 5.49. The fraction of sp³-hybridized carbons (Fsp3) is 0.368. The largest absolute Gasteiger partial charge is 0.324 e. The Morgan fingerprint density at radius 2 is 1.45 bits per heavy atom. The first-order valence-electron chi connectivity index (χ1n) is 16.6. The number of fused-ring (bicyclic) bond motifs is 1. The van der Waals surface area contributed by atoms with E-state index in [4.69, 9.17) is 0 Å². The normalized spacial score (nSPS) is 15.6. The van der Waals surface area contributed by atoms with E-state index in [0.717, 1.165) is 55.0 Å². The number of pyridine rings is 1. The van der Waals surface area contributed by atoms with Crippen LogP contribution in [0.15, 0.2) is 108 Å². The van der Waals surface area contributed by atoms with Gasteiger partial charge < -0.3 is 4.57 Å². The molecule has 246 valence electrons. The Labute approximate surface area is 279 Å². The van der Waals surface area contributed by atoms with Gasteiger partial charge >= 0.3 is 0 Å². The predicted molar refractivity (Wildman–Crippen MR) is 189 cm³/mol. The zero-order valence-corrected chi connectivity index (χ0v) is 28.7. The maximum Gasteiger partial charge on any atom is 0.243 e. The summed E-state index contributed by atoms with van der Waals surface area (Å²) in [6.45, 7) is 11.3. The third-order valence-corrected chi connectivity index (χ3v) is 11.3. The van der Waals surface area contributed by atoms with Gasteiger partial charge in [0.15, 0.2) is 0 Å². The molecule has 0 radical (unpaired) electrons. The molecule has 1 atom stereocenters. The van der Waals surface area contributed by atoms with Crippen LogP contribution in [0.25, 0.3) is 11.0 Å². The maximum absolute atomic E-state index is 14.0. The van der Waals surface area contributed by atoms with Gasteiger partial charge in [-0.15, -0.1) is 0 Å². The average Bonchev–Trinajstić information content (AvgIpc) is 3.40. The molecule has 0 spiro atoms. The number of imidazole rings is 1. The fourth-order valence-electron chi connectivity index (χ4n) is 6.88. The summed E-state index contributed by atoms with van der Waals surface area (Å²) in [6.07, 6.45) is 4.33. The zero-order valence-electron chi connectivity index (χ0n) is 27.9. The molecule has 0 saturated carbocycles. The molecule has 8 nitrogen and oxygen atoms in total. The monoisotopic (exact) mass is 650 g/mol. The lowest BCUT2D eigenvalue weighted by Gasteiger charge is -2.42. The lowest BCUT2D eigenvalue weighted by atomic mass is 9.96. The van der Waals surface area contributed by atoms with Crippen molar-refractivity contribution < 1.29 is 8.42 Å². The SMILES string of the molecule is Cc1nc2cnccc2n1Cc1ccc(S(=O)(=O)N(C)[C@@H](CC(C)C)CN2CCN(C(c3ccccc3)c3ccccc3)CC2)cc1. The fourth-order valence-corrected chi connectivity index (χ4v) is 8.24. The second-order valence-corrected chi connectivity index (χ2v) is 15.1. The second kappa shape index (κ2) is 14.5. The van der Waals surface area contributed by atoms with E-state index >= 15 is 0 Å². The number of hydrogen-bond acceptors (Lipinski definition) is 6. The van der Waals surface area contributed by atoms with Crippen LogP contribution < -0.4 is 0 Å². The highest BCUT2D eigenvalue weighted by Crippen LogP contribution is 2.30. The highest BCUT2D eigenvalue weighted by atomic mass is 32.2. The first-order valence-corrected chi connectivity index (χ1v) is 18.0. The molecule has 9 heteroatoms. The first-order chi connectivity index (χ1) is 22.7. The zero-order chi connectivity index (χ0) is 33.0. The number of nitrogens with zero attached hydrogens (tertiary/aromatic N) is 6. The summed E-state index contributed by atoms with van der Waals surface area (Å²) in [5.74, 6) is 1.27. The number of rotatable bonds is 12. The Hall–Kier alpha value is -3.89. The van der Waals surface area contributed by atoms with Gasteiger partial charge in [-0.3, -0.25) is 14.8 Å². The Kier molecular flexibility index (Phi) is 10.2. The predicted octanol–water partition coefficient (Wildman–Crippen LogP) is 6.23. The molecule has 0 N–H and O–H groups in total. The van der Waals surface area contributed by atoms with Gasteiger partial charge in [0, 0.05) is 58.6 Å². The summed E-state index contributed by atoms with van der Waals surface area (Å²) in [4.78, 5) is 14.1. The van der Waals surface area contributed by atoms with E-state index in [1.54, 1.807) is 35.9 Å². The number of aryl methyl sites for hydroxylation is 1. The molecule has 3 heterocycles. The number of likely N-dealkylation sites (N-methyl/N-ethyl adjacent to an activating group) is 1. The Morgan fingerprint density at radius 1 is 0.830 bits per heavy atom. The number of sulfonamides is 1. The van der Waals surface area contributed by atoms with Gasteiger partial charge in [0.2, 0.25) is 10.0 Å². The van der Waals surface area contributed by atoms with Gasteiger partial charge in [-0.1, -0.05) is 86.6 Å². The smallest absolute Gasteiger partial charge is 0.243 e. The van der Waals surface area contributed by atoms with E-state index in [9.17, 15) is 8.42 Å². The summed E-state index contributed by atoms with van der Waals surface area (Å²) in [5, 5.41) is 0. The van der Waals surface area contributed by atoms with Crippen LogP contribution in [0.4, 0.5) is 0 Å². The topological polar surface area (TPSA) is 74.6 Å².